The van der Waals surface area contributed by atoms with Crippen LogP contribution in [0.4, 0.5) is 10.1 Å². The van der Waals surface area contributed by atoms with Crippen LogP contribution in [0.1, 0.15) is 11.1 Å². The Morgan fingerprint density at radius 3 is 2.89 bits per heavy atom. The smallest absolute Gasteiger partial charge is 0.222 e. The molecule has 2 rings (SSSR count). The fraction of sp³-hybridized carbons (Fsp3) is 0.0769. The van der Waals surface area contributed by atoms with E-state index < -0.39 is 5.82 Å². The summed E-state index contributed by atoms with van der Waals surface area (Å²) in [6.45, 7) is 1.77. The molecule has 0 spiro atoms. The second-order valence-electron chi connectivity index (χ2n) is 3.72. The summed E-state index contributed by atoms with van der Waals surface area (Å²) in [6.07, 6.45) is 1.44. The Morgan fingerprint density at radius 2 is 2.22 bits per heavy atom. The fourth-order valence-corrected chi connectivity index (χ4v) is 1.49. The largest absolute Gasteiger partial charge is 0.437 e. The summed E-state index contributed by atoms with van der Waals surface area (Å²) >= 11 is 0. The van der Waals surface area contributed by atoms with Crippen molar-refractivity contribution in [3.05, 3.63) is 47.4 Å². The third-order valence-electron chi connectivity index (χ3n) is 2.35. The van der Waals surface area contributed by atoms with E-state index >= 15 is 0 Å². The Bertz CT molecular complexity index is 635. The van der Waals surface area contributed by atoms with Gasteiger partial charge < -0.3 is 10.5 Å². The number of ether oxygens (including phenoxy) is 1. The number of anilines is 1. The van der Waals surface area contributed by atoms with Crippen LogP contribution in [0, 0.1) is 24.1 Å². The zero-order valence-electron chi connectivity index (χ0n) is 9.64. The van der Waals surface area contributed by atoms with E-state index in [1.54, 1.807) is 19.1 Å². The number of aromatic nitrogens is 1. The van der Waals surface area contributed by atoms with E-state index in [1.807, 2.05) is 0 Å². The molecule has 0 aliphatic rings. The van der Waals surface area contributed by atoms with Crippen LogP contribution >= 0.6 is 0 Å². The van der Waals surface area contributed by atoms with E-state index in [9.17, 15) is 4.39 Å². The van der Waals surface area contributed by atoms with Crippen molar-refractivity contribution < 1.29 is 9.13 Å². The van der Waals surface area contributed by atoms with Gasteiger partial charge in [-0.3, -0.25) is 0 Å². The third-order valence-corrected chi connectivity index (χ3v) is 2.35. The molecule has 0 unspecified atom stereocenters. The first-order valence-electron chi connectivity index (χ1n) is 5.20. The zero-order chi connectivity index (χ0) is 13.1. The predicted molar refractivity (Wildman–Crippen MR) is 64.6 cm³/mol. The molecule has 0 aliphatic heterocycles. The Morgan fingerprint density at radius 1 is 1.44 bits per heavy atom. The van der Waals surface area contributed by atoms with Crippen molar-refractivity contribution in [2.45, 2.75) is 6.92 Å². The summed E-state index contributed by atoms with van der Waals surface area (Å²) < 4.78 is 18.8. The van der Waals surface area contributed by atoms with Gasteiger partial charge in [-0.1, -0.05) is 6.07 Å². The zero-order valence-corrected chi connectivity index (χ0v) is 9.64. The molecule has 0 fully saturated rings. The van der Waals surface area contributed by atoms with Crippen molar-refractivity contribution in [3.63, 3.8) is 0 Å². The molecule has 4 nitrogen and oxygen atoms in total. The fourth-order valence-electron chi connectivity index (χ4n) is 1.49. The maximum atomic E-state index is 13.4. The van der Waals surface area contributed by atoms with Gasteiger partial charge in [-0.2, -0.15) is 5.26 Å². The Hall–Kier alpha value is -2.61. The lowest BCUT2D eigenvalue weighted by molar-refractivity contribution is 0.452. The van der Waals surface area contributed by atoms with Crippen LogP contribution in [0.15, 0.2) is 30.5 Å². The number of rotatable bonds is 2. The number of nitrogens with two attached hydrogens (primary N) is 1. The van der Waals surface area contributed by atoms with Gasteiger partial charge in [0, 0.05) is 5.56 Å². The summed E-state index contributed by atoms with van der Waals surface area (Å²) in [5, 5.41) is 8.88. The molecule has 1 heterocycles. The van der Waals surface area contributed by atoms with Crippen molar-refractivity contribution in [2.24, 2.45) is 0 Å². The summed E-state index contributed by atoms with van der Waals surface area (Å²) in [4.78, 5) is 4.00. The van der Waals surface area contributed by atoms with Crippen LogP contribution in [0.2, 0.25) is 0 Å². The van der Waals surface area contributed by atoms with Gasteiger partial charge in [-0.25, -0.2) is 9.37 Å². The van der Waals surface area contributed by atoms with Crippen LogP contribution < -0.4 is 10.5 Å². The van der Waals surface area contributed by atoms with Crippen molar-refractivity contribution in [1.29, 1.82) is 5.26 Å². The second-order valence-corrected chi connectivity index (χ2v) is 3.72. The summed E-state index contributed by atoms with van der Waals surface area (Å²) in [7, 11) is 0. The van der Waals surface area contributed by atoms with Crippen LogP contribution in [0.5, 0.6) is 11.6 Å². The first-order valence-corrected chi connectivity index (χ1v) is 5.20. The maximum absolute atomic E-state index is 13.4. The number of aryl methyl sites for hydroxylation is 1. The normalized spacial score (nSPS) is 9.83. The Kier molecular flexibility index (Phi) is 3.11. The number of hydrogen-bond acceptors (Lipinski definition) is 4. The summed E-state index contributed by atoms with van der Waals surface area (Å²) in [6, 6.07) is 7.64. The van der Waals surface area contributed by atoms with Gasteiger partial charge in [0.15, 0.2) is 0 Å². The molecular formula is C13H10FN3O. The van der Waals surface area contributed by atoms with Gasteiger partial charge in [0.25, 0.3) is 0 Å². The molecule has 0 aliphatic carbocycles. The first kappa shape index (κ1) is 11.9. The number of benzene rings is 1. The number of hydrogen-bond donors (Lipinski definition) is 1. The Labute approximate surface area is 103 Å². The number of nitriles is 1. The highest BCUT2D eigenvalue weighted by Crippen LogP contribution is 2.27. The summed E-state index contributed by atoms with van der Waals surface area (Å²) in [5.74, 6) is -0.188. The molecular weight excluding hydrogens is 233 g/mol. The van der Waals surface area contributed by atoms with E-state index in [2.05, 4.69) is 4.98 Å². The number of pyridine rings is 1. The lowest BCUT2D eigenvalue weighted by atomic mass is 10.2. The van der Waals surface area contributed by atoms with Gasteiger partial charge in [0.2, 0.25) is 5.88 Å². The molecule has 0 saturated carbocycles. The molecule has 90 valence electrons. The molecule has 18 heavy (non-hydrogen) atoms. The highest BCUT2D eigenvalue weighted by atomic mass is 19.1. The maximum Gasteiger partial charge on any atom is 0.222 e. The van der Waals surface area contributed by atoms with E-state index in [1.165, 1.54) is 24.4 Å². The molecule has 5 heteroatoms. The van der Waals surface area contributed by atoms with Gasteiger partial charge in [0.1, 0.15) is 23.2 Å². The van der Waals surface area contributed by atoms with E-state index in [-0.39, 0.29) is 11.3 Å². The van der Waals surface area contributed by atoms with Crippen LogP contribution in [0.25, 0.3) is 0 Å². The highest BCUT2D eigenvalue weighted by molar-refractivity contribution is 5.48. The molecule has 0 amide bonds. The monoisotopic (exact) mass is 243 g/mol. The lowest BCUT2D eigenvalue weighted by Gasteiger charge is -2.09. The van der Waals surface area contributed by atoms with Gasteiger partial charge in [0.05, 0.1) is 11.9 Å². The summed E-state index contributed by atoms with van der Waals surface area (Å²) in [5.41, 5.74) is 6.65. The second kappa shape index (κ2) is 4.72. The topological polar surface area (TPSA) is 71.9 Å². The number of nitrogens with zero attached hydrogens (tertiary/aromatic N) is 2. The minimum Gasteiger partial charge on any atom is -0.437 e. The minimum atomic E-state index is -0.622. The average Bonchev–Trinajstić information content (AvgIpc) is 2.33. The van der Waals surface area contributed by atoms with Crippen molar-refractivity contribution in [2.75, 3.05) is 5.73 Å². The van der Waals surface area contributed by atoms with Crippen LogP contribution in [0.3, 0.4) is 0 Å². The molecule has 1 aromatic carbocycles. The molecule has 0 radical (unpaired) electrons. The average molecular weight is 243 g/mol. The first-order chi connectivity index (χ1) is 8.61. The van der Waals surface area contributed by atoms with E-state index in [4.69, 9.17) is 15.7 Å². The predicted octanol–water partition coefficient (Wildman–Crippen LogP) is 2.78. The molecule has 2 aromatic rings. The third kappa shape index (κ3) is 2.23. The van der Waals surface area contributed by atoms with Crippen molar-refractivity contribution in [3.8, 4) is 17.7 Å². The van der Waals surface area contributed by atoms with E-state index in [0.717, 1.165) is 0 Å². The van der Waals surface area contributed by atoms with Gasteiger partial charge >= 0.3 is 0 Å². The Balaban J connectivity index is 2.41. The van der Waals surface area contributed by atoms with Gasteiger partial charge in [-0.05, 0) is 25.1 Å². The van der Waals surface area contributed by atoms with Crippen LogP contribution in [-0.4, -0.2) is 4.98 Å². The number of halogens is 1. The molecule has 2 N–H and O–H groups in total. The van der Waals surface area contributed by atoms with Crippen LogP contribution in [-0.2, 0) is 0 Å². The highest BCUT2D eigenvalue weighted by Gasteiger charge is 2.11. The van der Waals surface area contributed by atoms with E-state index in [0.29, 0.717) is 17.1 Å². The molecule has 0 bridgehead atoms. The quantitative estimate of drug-likeness (QED) is 0.880. The molecule has 0 saturated heterocycles. The van der Waals surface area contributed by atoms with Gasteiger partial charge in [-0.15, -0.1) is 0 Å². The van der Waals surface area contributed by atoms with Crippen molar-refractivity contribution in [1.82, 2.24) is 4.98 Å². The standard InChI is InChI=1S/C13H10FN3O/c1-8-5-9(16)7-17-13(8)18-12-4-2-3-11(14)10(12)6-15/h2-5,7H,16H2,1H3. The van der Waals surface area contributed by atoms with Crippen molar-refractivity contribution >= 4 is 5.69 Å². The SMILES string of the molecule is Cc1cc(N)cnc1Oc1cccc(F)c1C#N. The molecule has 0 atom stereocenters. The minimum absolute atomic E-state index is 0.137. The molecule has 1 aromatic heterocycles. The number of nitrogen functional groups attached to an aromatic ring is 1. The lowest BCUT2D eigenvalue weighted by Crippen LogP contribution is -1.96.